The zero-order valence-corrected chi connectivity index (χ0v) is 14.6. The monoisotopic (exact) mass is 354 g/mol. The molecule has 1 aromatic heterocycles. The first-order valence-corrected chi connectivity index (χ1v) is 8.01. The van der Waals surface area contributed by atoms with Crippen molar-refractivity contribution >= 4 is 51.5 Å². The number of aryl methyl sites for hydroxylation is 1. The van der Waals surface area contributed by atoms with Crippen LogP contribution in [0.3, 0.4) is 0 Å². The maximum Gasteiger partial charge on any atom is 0.243 e. The van der Waals surface area contributed by atoms with Crippen LogP contribution in [0.2, 0.25) is 0 Å². The van der Waals surface area contributed by atoms with Crippen molar-refractivity contribution in [3.8, 4) is 0 Å². The van der Waals surface area contributed by atoms with Crippen LogP contribution in [-0.2, 0) is 9.59 Å². The summed E-state index contributed by atoms with van der Waals surface area (Å²) in [5, 5.41) is 7.05. The van der Waals surface area contributed by atoms with Crippen LogP contribution in [0.4, 0.5) is 5.69 Å². The Bertz CT molecular complexity index is 733. The van der Waals surface area contributed by atoms with Crippen LogP contribution in [0.1, 0.15) is 11.9 Å². The molecule has 23 heavy (non-hydrogen) atoms. The third kappa shape index (κ3) is 3.99. The molecule has 1 unspecified atom stereocenters. The van der Waals surface area contributed by atoms with Crippen molar-refractivity contribution in [3.63, 3.8) is 0 Å². The van der Waals surface area contributed by atoms with Gasteiger partial charge in [0.15, 0.2) is 0 Å². The van der Waals surface area contributed by atoms with E-state index >= 15 is 0 Å². The third-order valence-corrected chi connectivity index (χ3v) is 4.65. The number of carbonyl (C=O) groups excluding carboxylic acids is 2. The molecule has 1 saturated heterocycles. The van der Waals surface area contributed by atoms with E-state index < -0.39 is 0 Å². The standard InChI is InChI=1S/C15H18N4O2S.ClH/c1-9-17-12-7-11(3-4-14(12)22-9)18-15(21)13-8-19(10(2)20)6-5-16-13;/h3-4,7,13,16H,5-6,8H2,1-2H3,(H,18,21);1H. The number of fused-ring (bicyclic) bond motifs is 1. The third-order valence-electron chi connectivity index (χ3n) is 3.70. The fourth-order valence-corrected chi connectivity index (χ4v) is 3.37. The van der Waals surface area contributed by atoms with Crippen LogP contribution in [0.25, 0.3) is 10.2 Å². The number of piperazine rings is 1. The smallest absolute Gasteiger partial charge is 0.243 e. The first kappa shape index (κ1) is 17.7. The molecule has 1 aromatic carbocycles. The molecule has 0 saturated carbocycles. The van der Waals surface area contributed by atoms with Gasteiger partial charge in [-0.15, -0.1) is 23.7 Å². The van der Waals surface area contributed by atoms with Crippen molar-refractivity contribution in [1.29, 1.82) is 0 Å². The first-order valence-electron chi connectivity index (χ1n) is 7.20. The summed E-state index contributed by atoms with van der Waals surface area (Å²) in [5.74, 6) is -0.129. The highest BCUT2D eigenvalue weighted by Gasteiger charge is 2.26. The van der Waals surface area contributed by atoms with E-state index in [0.29, 0.717) is 19.6 Å². The molecule has 2 heterocycles. The summed E-state index contributed by atoms with van der Waals surface area (Å²) in [4.78, 5) is 29.9. The summed E-state index contributed by atoms with van der Waals surface area (Å²) in [6.07, 6.45) is 0. The van der Waals surface area contributed by atoms with Crippen molar-refractivity contribution in [1.82, 2.24) is 15.2 Å². The summed E-state index contributed by atoms with van der Waals surface area (Å²) in [6.45, 7) is 5.16. The van der Waals surface area contributed by atoms with E-state index in [2.05, 4.69) is 15.6 Å². The molecule has 1 aliphatic rings. The molecule has 0 radical (unpaired) electrons. The minimum atomic E-state index is -0.384. The average molecular weight is 355 g/mol. The van der Waals surface area contributed by atoms with Crippen molar-refractivity contribution in [2.75, 3.05) is 25.0 Å². The maximum atomic E-state index is 12.3. The second-order valence-corrected chi connectivity index (χ2v) is 6.61. The highest BCUT2D eigenvalue weighted by Crippen LogP contribution is 2.24. The molecule has 6 nitrogen and oxygen atoms in total. The molecular formula is C15H19ClN4O2S. The van der Waals surface area contributed by atoms with Crippen LogP contribution in [0.15, 0.2) is 18.2 Å². The van der Waals surface area contributed by atoms with Crippen LogP contribution in [-0.4, -0.2) is 47.4 Å². The highest BCUT2D eigenvalue weighted by atomic mass is 35.5. The lowest BCUT2D eigenvalue weighted by atomic mass is 10.2. The van der Waals surface area contributed by atoms with Gasteiger partial charge in [0.2, 0.25) is 11.8 Å². The fraction of sp³-hybridized carbons (Fsp3) is 0.400. The summed E-state index contributed by atoms with van der Waals surface area (Å²) in [6, 6.07) is 5.34. The van der Waals surface area contributed by atoms with Gasteiger partial charge in [-0.25, -0.2) is 4.98 Å². The summed E-state index contributed by atoms with van der Waals surface area (Å²) in [5.41, 5.74) is 1.62. The maximum absolute atomic E-state index is 12.3. The number of nitrogens with zero attached hydrogens (tertiary/aromatic N) is 2. The number of hydrogen-bond acceptors (Lipinski definition) is 5. The Hall–Kier alpha value is -1.70. The van der Waals surface area contributed by atoms with Gasteiger partial charge in [-0.1, -0.05) is 0 Å². The van der Waals surface area contributed by atoms with Crippen molar-refractivity contribution in [2.24, 2.45) is 0 Å². The lowest BCUT2D eigenvalue weighted by Crippen LogP contribution is -2.56. The van der Waals surface area contributed by atoms with Crippen LogP contribution in [0.5, 0.6) is 0 Å². The molecule has 0 aliphatic carbocycles. The number of carbonyl (C=O) groups is 2. The number of aromatic nitrogens is 1. The number of thiazole rings is 1. The Labute approximate surface area is 144 Å². The first-order chi connectivity index (χ1) is 10.5. The van der Waals surface area contributed by atoms with Gasteiger partial charge >= 0.3 is 0 Å². The van der Waals surface area contributed by atoms with E-state index in [1.165, 1.54) is 6.92 Å². The van der Waals surface area contributed by atoms with Crippen molar-refractivity contribution < 1.29 is 9.59 Å². The Balaban J connectivity index is 0.00000192. The number of anilines is 1. The van der Waals surface area contributed by atoms with Gasteiger partial charge in [-0.05, 0) is 25.1 Å². The van der Waals surface area contributed by atoms with Gasteiger partial charge in [0.1, 0.15) is 6.04 Å². The average Bonchev–Trinajstić information content (AvgIpc) is 2.86. The zero-order valence-electron chi connectivity index (χ0n) is 13.0. The zero-order chi connectivity index (χ0) is 15.7. The summed E-state index contributed by atoms with van der Waals surface area (Å²) in [7, 11) is 0. The second-order valence-electron chi connectivity index (χ2n) is 5.38. The lowest BCUT2D eigenvalue weighted by molar-refractivity contribution is -0.131. The van der Waals surface area contributed by atoms with Crippen LogP contribution >= 0.6 is 23.7 Å². The predicted molar refractivity (Wildman–Crippen MR) is 94.3 cm³/mol. The quantitative estimate of drug-likeness (QED) is 0.862. The predicted octanol–water partition coefficient (Wildman–Crippen LogP) is 1.79. The normalized spacial score (nSPS) is 17.7. The minimum absolute atomic E-state index is 0. The lowest BCUT2D eigenvalue weighted by Gasteiger charge is -2.32. The molecule has 0 spiro atoms. The molecule has 1 atom stereocenters. The van der Waals surface area contributed by atoms with Gasteiger partial charge in [0, 0.05) is 32.2 Å². The van der Waals surface area contributed by atoms with Gasteiger partial charge in [-0.3, -0.25) is 9.59 Å². The van der Waals surface area contributed by atoms with Gasteiger partial charge in [0.25, 0.3) is 0 Å². The topological polar surface area (TPSA) is 74.3 Å². The molecule has 8 heteroatoms. The number of halogens is 1. The van der Waals surface area contributed by atoms with E-state index in [4.69, 9.17) is 0 Å². The van der Waals surface area contributed by atoms with Crippen molar-refractivity contribution in [2.45, 2.75) is 19.9 Å². The Morgan fingerprint density at radius 2 is 2.22 bits per heavy atom. The molecule has 124 valence electrons. The van der Waals surface area contributed by atoms with Gasteiger partial charge in [-0.2, -0.15) is 0 Å². The summed E-state index contributed by atoms with van der Waals surface area (Å²) < 4.78 is 1.11. The van der Waals surface area contributed by atoms with Gasteiger partial charge < -0.3 is 15.5 Å². The van der Waals surface area contributed by atoms with E-state index in [1.54, 1.807) is 16.2 Å². The molecular weight excluding hydrogens is 336 g/mol. The molecule has 1 aliphatic heterocycles. The van der Waals surface area contributed by atoms with Gasteiger partial charge in [0.05, 0.1) is 15.2 Å². The Morgan fingerprint density at radius 1 is 1.43 bits per heavy atom. The van der Waals surface area contributed by atoms with Crippen LogP contribution in [0, 0.1) is 6.92 Å². The molecule has 1 fully saturated rings. The van der Waals surface area contributed by atoms with Crippen LogP contribution < -0.4 is 10.6 Å². The van der Waals surface area contributed by atoms with Crippen molar-refractivity contribution in [3.05, 3.63) is 23.2 Å². The molecule has 2 N–H and O–H groups in total. The minimum Gasteiger partial charge on any atom is -0.340 e. The number of amides is 2. The number of nitrogens with one attached hydrogen (secondary N) is 2. The van der Waals surface area contributed by atoms with E-state index in [1.807, 2.05) is 25.1 Å². The largest absolute Gasteiger partial charge is 0.340 e. The molecule has 2 amide bonds. The SMILES string of the molecule is CC(=O)N1CCNC(C(=O)Nc2ccc3sc(C)nc3c2)C1.Cl. The number of rotatable bonds is 2. The number of hydrogen-bond donors (Lipinski definition) is 2. The summed E-state index contributed by atoms with van der Waals surface area (Å²) >= 11 is 1.63. The fourth-order valence-electron chi connectivity index (χ4n) is 2.56. The second kappa shape index (κ2) is 7.25. The Kier molecular flexibility index (Phi) is 5.56. The van der Waals surface area contributed by atoms with E-state index in [9.17, 15) is 9.59 Å². The molecule has 2 aromatic rings. The highest BCUT2D eigenvalue weighted by molar-refractivity contribution is 7.18. The van der Waals surface area contributed by atoms with E-state index in [-0.39, 0.29) is 30.3 Å². The Morgan fingerprint density at radius 3 is 2.96 bits per heavy atom. The molecule has 3 rings (SSSR count). The molecule has 0 bridgehead atoms. The van der Waals surface area contributed by atoms with E-state index in [0.717, 1.165) is 20.9 Å². The number of benzene rings is 1.